The molecule has 1 saturated heterocycles. The van der Waals surface area contributed by atoms with Crippen LogP contribution in [0.15, 0.2) is 0 Å². The van der Waals surface area contributed by atoms with Crippen molar-refractivity contribution >= 4 is 15.9 Å². The van der Waals surface area contributed by atoms with E-state index in [0.717, 1.165) is 12.8 Å². The van der Waals surface area contributed by atoms with Gasteiger partial charge in [-0.05, 0) is 30.6 Å². The maximum Gasteiger partial charge on any atom is 0.216 e. The largest absolute Gasteiger partial charge is 0.356 e. The lowest BCUT2D eigenvalue weighted by molar-refractivity contribution is -0.119. The summed E-state index contributed by atoms with van der Waals surface area (Å²) < 4.78 is 26.5. The lowest BCUT2D eigenvalue weighted by atomic mass is 9.68. The normalized spacial score (nSPS) is 26.1. The number of carbonyl (C=O) groups is 1. The molecule has 1 atom stereocenters. The van der Waals surface area contributed by atoms with Gasteiger partial charge in [0.15, 0.2) is 0 Å². The standard InChI is InChI=1S/C15H28N2O3S/c1-3-9-21(19,20)17-11-14(10-16-13(2)18)15(12-17)7-5-4-6-8-15/h14H,3-12H2,1-2H3,(H,16,18). The molecule has 1 N–H and O–H groups in total. The van der Waals surface area contributed by atoms with Crippen molar-refractivity contribution in [2.75, 3.05) is 25.4 Å². The zero-order valence-electron chi connectivity index (χ0n) is 13.2. The number of nitrogens with zero attached hydrogens (tertiary/aromatic N) is 1. The Bertz CT molecular complexity index is 469. The van der Waals surface area contributed by atoms with E-state index in [1.54, 1.807) is 4.31 Å². The van der Waals surface area contributed by atoms with Crippen LogP contribution in [0.4, 0.5) is 0 Å². The highest BCUT2D eigenvalue weighted by Gasteiger charge is 2.49. The van der Waals surface area contributed by atoms with Gasteiger partial charge >= 0.3 is 0 Å². The number of sulfonamides is 1. The van der Waals surface area contributed by atoms with Crippen molar-refractivity contribution in [3.8, 4) is 0 Å². The van der Waals surface area contributed by atoms with Crippen LogP contribution in [-0.4, -0.2) is 44.0 Å². The van der Waals surface area contributed by atoms with Crippen LogP contribution in [0.5, 0.6) is 0 Å². The van der Waals surface area contributed by atoms with Gasteiger partial charge in [-0.25, -0.2) is 12.7 Å². The van der Waals surface area contributed by atoms with Crippen molar-refractivity contribution < 1.29 is 13.2 Å². The van der Waals surface area contributed by atoms with Crippen molar-refractivity contribution in [1.29, 1.82) is 0 Å². The number of rotatable bonds is 5. The second-order valence-electron chi connectivity index (χ2n) is 6.67. The highest BCUT2D eigenvalue weighted by Crippen LogP contribution is 2.48. The third-order valence-corrected chi connectivity index (χ3v) is 7.07. The van der Waals surface area contributed by atoms with E-state index in [-0.39, 0.29) is 23.0 Å². The van der Waals surface area contributed by atoms with E-state index in [4.69, 9.17) is 0 Å². The van der Waals surface area contributed by atoms with Gasteiger partial charge in [-0.3, -0.25) is 4.79 Å². The second kappa shape index (κ2) is 6.65. The minimum absolute atomic E-state index is 0.0316. The molecule has 2 fully saturated rings. The first kappa shape index (κ1) is 16.7. The smallest absolute Gasteiger partial charge is 0.216 e. The van der Waals surface area contributed by atoms with Crippen LogP contribution >= 0.6 is 0 Å². The Balaban J connectivity index is 2.14. The van der Waals surface area contributed by atoms with Crippen molar-refractivity contribution in [3.05, 3.63) is 0 Å². The molecule has 1 spiro atoms. The van der Waals surface area contributed by atoms with E-state index in [1.807, 2.05) is 6.92 Å². The Kier molecular flexibility index (Phi) is 5.30. The van der Waals surface area contributed by atoms with Gasteiger partial charge in [-0.2, -0.15) is 0 Å². The van der Waals surface area contributed by atoms with Crippen molar-refractivity contribution in [1.82, 2.24) is 9.62 Å². The van der Waals surface area contributed by atoms with Crippen LogP contribution in [0.25, 0.3) is 0 Å². The summed E-state index contributed by atoms with van der Waals surface area (Å²) in [7, 11) is -3.14. The summed E-state index contributed by atoms with van der Waals surface area (Å²) >= 11 is 0. The van der Waals surface area contributed by atoms with Crippen LogP contribution in [0, 0.1) is 11.3 Å². The summed E-state index contributed by atoms with van der Waals surface area (Å²) in [6.07, 6.45) is 6.44. The Labute approximate surface area is 128 Å². The number of hydrogen-bond donors (Lipinski definition) is 1. The Morgan fingerprint density at radius 2 is 1.95 bits per heavy atom. The van der Waals surface area contributed by atoms with E-state index in [2.05, 4.69) is 5.32 Å². The lowest BCUT2D eigenvalue weighted by Gasteiger charge is -2.38. The van der Waals surface area contributed by atoms with Gasteiger partial charge < -0.3 is 5.32 Å². The van der Waals surface area contributed by atoms with Crippen molar-refractivity contribution in [2.24, 2.45) is 11.3 Å². The minimum Gasteiger partial charge on any atom is -0.356 e. The second-order valence-corrected chi connectivity index (χ2v) is 8.75. The fourth-order valence-corrected chi connectivity index (χ4v) is 5.59. The first-order valence-corrected chi connectivity index (χ1v) is 9.73. The van der Waals surface area contributed by atoms with Gasteiger partial charge in [-0.15, -0.1) is 0 Å². The maximum atomic E-state index is 12.4. The third-order valence-electron chi connectivity index (χ3n) is 5.08. The van der Waals surface area contributed by atoms with Gasteiger partial charge in [0.1, 0.15) is 0 Å². The summed E-state index contributed by atoms with van der Waals surface area (Å²) in [5, 5.41) is 2.90. The highest BCUT2D eigenvalue weighted by molar-refractivity contribution is 7.89. The molecule has 1 amide bonds. The van der Waals surface area contributed by atoms with Gasteiger partial charge in [0.05, 0.1) is 5.75 Å². The zero-order valence-corrected chi connectivity index (χ0v) is 14.0. The molecule has 21 heavy (non-hydrogen) atoms. The van der Waals surface area contributed by atoms with Crippen LogP contribution in [-0.2, 0) is 14.8 Å². The van der Waals surface area contributed by atoms with Gasteiger partial charge in [0, 0.05) is 26.6 Å². The molecule has 2 rings (SSSR count). The Hall–Kier alpha value is -0.620. The number of carbonyl (C=O) groups excluding carboxylic acids is 1. The van der Waals surface area contributed by atoms with Crippen molar-refractivity contribution in [3.63, 3.8) is 0 Å². The number of nitrogens with one attached hydrogen (secondary N) is 1. The molecule has 0 bridgehead atoms. The van der Waals surface area contributed by atoms with Gasteiger partial charge in [0.2, 0.25) is 15.9 Å². The SMILES string of the molecule is CCCS(=O)(=O)N1CC(CNC(C)=O)C2(CCCCC2)C1. The molecule has 0 aromatic heterocycles. The summed E-state index contributed by atoms with van der Waals surface area (Å²) in [5.41, 5.74) is 0.0848. The molecule has 0 radical (unpaired) electrons. The summed E-state index contributed by atoms with van der Waals surface area (Å²) in [6.45, 7) is 5.25. The van der Waals surface area contributed by atoms with Crippen LogP contribution in [0.1, 0.15) is 52.4 Å². The predicted molar refractivity (Wildman–Crippen MR) is 83.3 cm³/mol. The monoisotopic (exact) mass is 316 g/mol. The van der Waals surface area contributed by atoms with E-state index >= 15 is 0 Å². The molecule has 6 heteroatoms. The molecule has 0 aromatic rings. The van der Waals surface area contributed by atoms with Gasteiger partial charge in [0.25, 0.3) is 0 Å². The fourth-order valence-electron chi connectivity index (χ4n) is 3.95. The highest BCUT2D eigenvalue weighted by atomic mass is 32.2. The summed E-state index contributed by atoms with van der Waals surface area (Å²) in [4.78, 5) is 11.2. The quantitative estimate of drug-likeness (QED) is 0.840. The van der Waals surface area contributed by atoms with Crippen LogP contribution in [0.3, 0.4) is 0 Å². The molecule has 1 heterocycles. The molecular weight excluding hydrogens is 288 g/mol. The fraction of sp³-hybridized carbons (Fsp3) is 0.933. The molecule has 1 saturated carbocycles. The summed E-state index contributed by atoms with van der Waals surface area (Å²) in [5.74, 6) is 0.458. The minimum atomic E-state index is -3.14. The zero-order chi connectivity index (χ0) is 15.5. The molecule has 0 aromatic carbocycles. The van der Waals surface area contributed by atoms with E-state index in [0.29, 0.717) is 26.1 Å². The lowest BCUT2D eigenvalue weighted by Crippen LogP contribution is -2.39. The maximum absolute atomic E-state index is 12.4. The van der Waals surface area contributed by atoms with E-state index in [9.17, 15) is 13.2 Å². The van der Waals surface area contributed by atoms with Crippen LogP contribution in [0.2, 0.25) is 0 Å². The third kappa shape index (κ3) is 3.77. The molecule has 1 aliphatic heterocycles. The summed E-state index contributed by atoms with van der Waals surface area (Å²) in [6, 6.07) is 0. The number of hydrogen-bond acceptors (Lipinski definition) is 3. The average molecular weight is 316 g/mol. The topological polar surface area (TPSA) is 66.5 Å². The molecule has 2 aliphatic rings. The van der Waals surface area contributed by atoms with E-state index in [1.165, 1.54) is 26.2 Å². The first-order valence-electron chi connectivity index (χ1n) is 8.12. The van der Waals surface area contributed by atoms with Crippen molar-refractivity contribution in [2.45, 2.75) is 52.4 Å². The molecule has 1 aliphatic carbocycles. The number of amides is 1. The average Bonchev–Trinajstić information content (AvgIpc) is 2.76. The molecular formula is C15H28N2O3S. The molecule has 122 valence electrons. The molecule has 5 nitrogen and oxygen atoms in total. The Morgan fingerprint density at radius 3 is 2.52 bits per heavy atom. The predicted octanol–water partition coefficient (Wildman–Crippen LogP) is 1.74. The van der Waals surface area contributed by atoms with Crippen LogP contribution < -0.4 is 5.32 Å². The Morgan fingerprint density at radius 1 is 1.29 bits per heavy atom. The first-order chi connectivity index (χ1) is 9.89. The van der Waals surface area contributed by atoms with Gasteiger partial charge in [-0.1, -0.05) is 26.2 Å². The molecule has 1 unspecified atom stereocenters. The van der Waals surface area contributed by atoms with E-state index < -0.39 is 10.0 Å².